The van der Waals surface area contributed by atoms with Gasteiger partial charge in [-0.25, -0.2) is 8.42 Å². The van der Waals surface area contributed by atoms with Crippen molar-refractivity contribution in [2.75, 3.05) is 38.5 Å². The van der Waals surface area contributed by atoms with Crippen LogP contribution in [0.25, 0.3) is 0 Å². The molecule has 154 valence electrons. The third-order valence-electron chi connectivity index (χ3n) is 4.80. The molecule has 0 spiro atoms. The molecule has 1 unspecified atom stereocenters. The fraction of sp³-hybridized carbons (Fsp3) is 0.824. The average Bonchev–Trinajstić information content (AvgIpc) is 3.10. The molecule has 1 N–H and O–H groups in total. The number of piperazine rings is 1. The molecule has 0 aliphatic carbocycles. The van der Waals surface area contributed by atoms with Crippen LogP contribution in [0, 0.1) is 0 Å². The molecule has 9 nitrogen and oxygen atoms in total. The van der Waals surface area contributed by atoms with Crippen LogP contribution in [0.4, 0.5) is 0 Å². The normalized spacial score (nSPS) is 21.6. The van der Waals surface area contributed by atoms with Crippen molar-refractivity contribution in [3.63, 3.8) is 0 Å². The minimum Gasteiger partial charge on any atom is -0.346 e. The molecule has 0 saturated carbocycles. The van der Waals surface area contributed by atoms with Crippen LogP contribution < -0.4 is 5.32 Å². The number of nitrogens with one attached hydrogen (secondary N) is 1. The van der Waals surface area contributed by atoms with Crippen molar-refractivity contribution < 1.29 is 22.8 Å². The van der Waals surface area contributed by atoms with Crippen LogP contribution in [0.1, 0.15) is 40.0 Å². The summed E-state index contributed by atoms with van der Waals surface area (Å²) in [5, 5.41) is 2.57. The predicted octanol–water partition coefficient (Wildman–Crippen LogP) is -0.614. The SMILES string of the molecule is CCCS(=O)(=O)N1CCCC1C(=O)N1CCN(C(=O)C(=O)NC(C)C)CC1. The Hall–Kier alpha value is -1.68. The van der Waals surface area contributed by atoms with Crippen molar-refractivity contribution in [1.82, 2.24) is 19.4 Å². The van der Waals surface area contributed by atoms with Crippen LogP contribution in [0.2, 0.25) is 0 Å². The van der Waals surface area contributed by atoms with E-state index >= 15 is 0 Å². The third-order valence-corrected chi connectivity index (χ3v) is 6.88. The summed E-state index contributed by atoms with van der Waals surface area (Å²) in [5.41, 5.74) is 0. The lowest BCUT2D eigenvalue weighted by molar-refractivity contribution is -0.149. The van der Waals surface area contributed by atoms with Gasteiger partial charge in [-0.15, -0.1) is 0 Å². The first-order valence-electron chi connectivity index (χ1n) is 9.55. The highest BCUT2D eigenvalue weighted by Gasteiger charge is 2.40. The first-order valence-corrected chi connectivity index (χ1v) is 11.2. The van der Waals surface area contributed by atoms with Crippen molar-refractivity contribution >= 4 is 27.7 Å². The minimum atomic E-state index is -3.42. The maximum absolute atomic E-state index is 12.9. The summed E-state index contributed by atoms with van der Waals surface area (Å²) in [7, 11) is -3.42. The molecule has 2 aliphatic heterocycles. The quantitative estimate of drug-likeness (QED) is 0.617. The summed E-state index contributed by atoms with van der Waals surface area (Å²) in [4.78, 5) is 39.9. The summed E-state index contributed by atoms with van der Waals surface area (Å²) in [5.74, 6) is -1.39. The Morgan fingerprint density at radius 1 is 1.04 bits per heavy atom. The first kappa shape index (κ1) is 21.6. The molecule has 10 heteroatoms. The molecule has 1 atom stereocenters. The highest BCUT2D eigenvalue weighted by Crippen LogP contribution is 2.24. The van der Waals surface area contributed by atoms with E-state index in [1.165, 1.54) is 9.21 Å². The van der Waals surface area contributed by atoms with Crippen molar-refractivity contribution in [1.29, 1.82) is 0 Å². The Kier molecular flexibility index (Phi) is 7.21. The van der Waals surface area contributed by atoms with E-state index in [0.717, 1.165) is 0 Å². The number of rotatable bonds is 5. The summed E-state index contributed by atoms with van der Waals surface area (Å²) < 4.78 is 26.1. The molecule has 0 bridgehead atoms. The second kappa shape index (κ2) is 9.01. The second-order valence-corrected chi connectivity index (χ2v) is 9.37. The number of sulfonamides is 1. The second-order valence-electron chi connectivity index (χ2n) is 7.33. The molecule has 2 heterocycles. The minimum absolute atomic E-state index is 0.0457. The van der Waals surface area contributed by atoms with Crippen LogP contribution in [-0.4, -0.2) is 90.8 Å². The van der Waals surface area contributed by atoms with Crippen molar-refractivity contribution in [3.8, 4) is 0 Å². The van der Waals surface area contributed by atoms with Gasteiger partial charge in [-0.2, -0.15) is 4.31 Å². The van der Waals surface area contributed by atoms with E-state index < -0.39 is 27.9 Å². The predicted molar refractivity (Wildman–Crippen MR) is 100 cm³/mol. The zero-order chi connectivity index (χ0) is 20.2. The van der Waals surface area contributed by atoms with E-state index in [4.69, 9.17) is 0 Å². The molecule has 2 rings (SSSR count). The van der Waals surface area contributed by atoms with Crippen molar-refractivity contribution in [2.24, 2.45) is 0 Å². The summed E-state index contributed by atoms with van der Waals surface area (Å²) in [6.45, 7) is 6.89. The molecule has 3 amide bonds. The Morgan fingerprint density at radius 3 is 2.19 bits per heavy atom. The van der Waals surface area contributed by atoms with Gasteiger partial charge >= 0.3 is 11.8 Å². The van der Waals surface area contributed by atoms with Crippen LogP contribution in [0.5, 0.6) is 0 Å². The number of hydrogen-bond acceptors (Lipinski definition) is 5. The fourth-order valence-corrected chi connectivity index (χ4v) is 5.24. The standard InChI is InChI=1S/C17H30N4O5S/c1-4-12-27(25,26)21-7-5-6-14(21)16(23)19-8-10-20(11-9-19)17(24)15(22)18-13(2)3/h13-14H,4-12H2,1-3H3,(H,18,22). The van der Waals surface area contributed by atoms with Crippen LogP contribution >= 0.6 is 0 Å². The maximum Gasteiger partial charge on any atom is 0.312 e. The Labute approximate surface area is 161 Å². The Morgan fingerprint density at radius 2 is 1.63 bits per heavy atom. The lowest BCUT2D eigenvalue weighted by Crippen LogP contribution is -2.57. The van der Waals surface area contributed by atoms with Crippen LogP contribution in [0.3, 0.4) is 0 Å². The zero-order valence-electron chi connectivity index (χ0n) is 16.3. The fourth-order valence-electron chi connectivity index (χ4n) is 3.50. The number of carbonyl (C=O) groups is 3. The van der Waals surface area contributed by atoms with Gasteiger partial charge in [0.25, 0.3) is 0 Å². The molecule has 0 radical (unpaired) electrons. The van der Waals surface area contributed by atoms with Gasteiger partial charge in [0.1, 0.15) is 6.04 Å². The topological polar surface area (TPSA) is 107 Å². The lowest BCUT2D eigenvalue weighted by atomic mass is 10.2. The van der Waals surface area contributed by atoms with E-state index in [-0.39, 0.29) is 30.8 Å². The highest BCUT2D eigenvalue weighted by molar-refractivity contribution is 7.89. The van der Waals surface area contributed by atoms with Crippen LogP contribution in [0.15, 0.2) is 0 Å². The average molecular weight is 403 g/mol. The molecule has 0 aromatic heterocycles. The molecule has 27 heavy (non-hydrogen) atoms. The lowest BCUT2D eigenvalue weighted by Gasteiger charge is -2.36. The smallest absolute Gasteiger partial charge is 0.312 e. The van der Waals surface area contributed by atoms with Crippen molar-refractivity contribution in [3.05, 3.63) is 0 Å². The van der Waals surface area contributed by atoms with Gasteiger partial charge in [0, 0.05) is 38.8 Å². The van der Waals surface area contributed by atoms with Gasteiger partial charge in [-0.1, -0.05) is 6.92 Å². The zero-order valence-corrected chi connectivity index (χ0v) is 17.1. The molecular weight excluding hydrogens is 372 g/mol. The van der Waals surface area contributed by atoms with E-state index in [2.05, 4.69) is 5.32 Å². The highest BCUT2D eigenvalue weighted by atomic mass is 32.2. The van der Waals surface area contributed by atoms with Gasteiger partial charge in [-0.05, 0) is 33.1 Å². The molecule has 2 aliphatic rings. The van der Waals surface area contributed by atoms with E-state index in [9.17, 15) is 22.8 Å². The summed E-state index contributed by atoms with van der Waals surface area (Å²) >= 11 is 0. The third kappa shape index (κ3) is 5.19. The van der Waals surface area contributed by atoms with Gasteiger partial charge in [0.2, 0.25) is 15.9 Å². The first-order chi connectivity index (χ1) is 12.7. The van der Waals surface area contributed by atoms with E-state index in [1.54, 1.807) is 25.7 Å². The van der Waals surface area contributed by atoms with Crippen LogP contribution in [-0.2, 0) is 24.4 Å². The Balaban J connectivity index is 1.94. The molecule has 2 fully saturated rings. The monoisotopic (exact) mass is 402 g/mol. The molecule has 0 aromatic rings. The van der Waals surface area contributed by atoms with Gasteiger partial charge < -0.3 is 15.1 Å². The largest absolute Gasteiger partial charge is 0.346 e. The summed E-state index contributed by atoms with van der Waals surface area (Å²) in [6.07, 6.45) is 1.71. The number of hydrogen-bond donors (Lipinski definition) is 1. The maximum atomic E-state index is 12.9. The number of amides is 3. The van der Waals surface area contributed by atoms with Gasteiger partial charge in [0.15, 0.2) is 0 Å². The van der Waals surface area contributed by atoms with Gasteiger partial charge in [0.05, 0.1) is 5.75 Å². The molecule has 2 saturated heterocycles. The number of carbonyl (C=O) groups excluding carboxylic acids is 3. The van der Waals surface area contributed by atoms with Gasteiger partial charge in [-0.3, -0.25) is 14.4 Å². The van der Waals surface area contributed by atoms with E-state index in [1.807, 2.05) is 0 Å². The van der Waals surface area contributed by atoms with Crippen molar-refractivity contribution in [2.45, 2.75) is 52.1 Å². The number of nitrogens with zero attached hydrogens (tertiary/aromatic N) is 3. The Bertz CT molecular complexity index is 671. The summed E-state index contributed by atoms with van der Waals surface area (Å²) in [6, 6.07) is -0.768. The van der Waals surface area contributed by atoms with E-state index in [0.29, 0.717) is 38.9 Å². The molecule has 0 aromatic carbocycles. The molecular formula is C17H30N4O5S.